The number of piperidine rings is 1. The van der Waals surface area contributed by atoms with Gasteiger partial charge in [0, 0.05) is 24.2 Å². The second kappa shape index (κ2) is 6.89. The molecule has 0 bridgehead atoms. The van der Waals surface area contributed by atoms with Crippen LogP contribution in [0.2, 0.25) is 0 Å². The van der Waals surface area contributed by atoms with Crippen molar-refractivity contribution >= 4 is 10.2 Å². The minimum absolute atomic E-state index is 0.138. The van der Waals surface area contributed by atoms with Crippen molar-refractivity contribution in [3.63, 3.8) is 0 Å². The van der Waals surface area contributed by atoms with E-state index in [0.29, 0.717) is 12.5 Å². The Morgan fingerprint density at radius 2 is 1.89 bits per heavy atom. The Hall–Kier alpha value is -1.84. The zero-order chi connectivity index (χ0) is 23.0. The van der Waals surface area contributed by atoms with E-state index in [2.05, 4.69) is 10.6 Å². The van der Waals surface area contributed by atoms with Gasteiger partial charge in [0.25, 0.3) is 0 Å². The summed E-state index contributed by atoms with van der Waals surface area (Å²) in [5, 5.41) is 6.44. The first-order valence-corrected chi connectivity index (χ1v) is 10.7. The fourth-order valence-corrected chi connectivity index (χ4v) is 4.08. The lowest BCUT2D eigenvalue weighted by Gasteiger charge is -2.41. The quantitative estimate of drug-likeness (QED) is 0.563. The number of nitrogens with one attached hydrogen (secondary N) is 2. The van der Waals surface area contributed by atoms with Crippen molar-refractivity contribution in [1.29, 1.82) is 0 Å². The van der Waals surface area contributed by atoms with Gasteiger partial charge in [-0.25, -0.2) is 0 Å². The lowest BCUT2D eigenvalue weighted by Crippen LogP contribution is -2.45. The molecule has 1 saturated heterocycles. The van der Waals surface area contributed by atoms with Crippen LogP contribution in [0.4, 0.5) is 19.4 Å². The highest BCUT2D eigenvalue weighted by Gasteiger charge is 2.65. The van der Waals surface area contributed by atoms with Crippen LogP contribution in [-0.2, 0) is 6.54 Å². The third kappa shape index (κ3) is 4.95. The number of hydrogen-bond acceptors (Lipinski definition) is 3. The predicted molar refractivity (Wildman–Crippen MR) is 101 cm³/mol. The van der Waals surface area contributed by atoms with Gasteiger partial charge in [-0.05, 0) is 43.1 Å². The van der Waals surface area contributed by atoms with Gasteiger partial charge >= 0.3 is 10.2 Å². The minimum atomic E-state index is -9.94. The zero-order valence-electron chi connectivity index (χ0n) is 17.8. The summed E-state index contributed by atoms with van der Waals surface area (Å²) in [6.07, 6.45) is 1.51. The summed E-state index contributed by atoms with van der Waals surface area (Å²) in [5.74, 6) is -0.405. The van der Waals surface area contributed by atoms with Crippen LogP contribution in [0.25, 0.3) is 0 Å². The maximum Gasteiger partial charge on any atom is 0.310 e. The highest BCUT2D eigenvalue weighted by atomic mass is 32.5. The van der Waals surface area contributed by atoms with E-state index in [-0.39, 0.29) is 36.3 Å². The molecule has 1 fully saturated rings. The standard InChI is InChI=1S/C19H23F5N2OS/c1-27-18-10-9-16(28(20,21,22,23)24)12-15(18)13-26-17-8-5-11-25-19(17)14-6-3-2-4-7-14/h2-4,6-7,9-10,12,17,19,25-26H,5,8,11,13H2,1H3/t17-,19-/m0/s1/i1D3. The van der Waals surface area contributed by atoms with Crippen molar-refractivity contribution in [2.24, 2.45) is 0 Å². The molecule has 0 aromatic heterocycles. The van der Waals surface area contributed by atoms with Gasteiger partial charge in [-0.15, -0.1) is 0 Å². The van der Waals surface area contributed by atoms with Crippen LogP contribution in [0.3, 0.4) is 0 Å². The molecule has 28 heavy (non-hydrogen) atoms. The third-order valence-corrected chi connectivity index (χ3v) is 5.90. The maximum absolute atomic E-state index is 13.3. The summed E-state index contributed by atoms with van der Waals surface area (Å²) in [4.78, 5) is -2.09. The van der Waals surface area contributed by atoms with Crippen LogP contribution < -0.4 is 15.4 Å². The van der Waals surface area contributed by atoms with Gasteiger partial charge < -0.3 is 15.4 Å². The Morgan fingerprint density at radius 3 is 2.57 bits per heavy atom. The van der Waals surface area contributed by atoms with Crippen LogP contribution in [0.1, 0.15) is 34.1 Å². The van der Waals surface area contributed by atoms with Gasteiger partial charge in [-0.2, -0.15) is 0 Å². The normalized spacial score (nSPS) is 25.0. The van der Waals surface area contributed by atoms with Crippen molar-refractivity contribution in [3.05, 3.63) is 59.7 Å². The molecule has 1 aliphatic heterocycles. The first-order valence-electron chi connectivity index (χ1n) is 10.2. The first kappa shape index (κ1) is 17.1. The molecule has 3 nitrogen and oxygen atoms in total. The Labute approximate surface area is 165 Å². The van der Waals surface area contributed by atoms with Crippen LogP contribution in [0, 0.1) is 0 Å². The molecule has 9 heteroatoms. The number of methoxy groups -OCH3 is 1. The highest BCUT2D eigenvalue weighted by molar-refractivity contribution is 8.45. The van der Waals surface area contributed by atoms with E-state index in [9.17, 15) is 19.4 Å². The molecule has 0 unspecified atom stereocenters. The zero-order valence-corrected chi connectivity index (χ0v) is 15.6. The number of ether oxygens (including phenoxy) is 1. The van der Waals surface area contributed by atoms with Gasteiger partial charge in [-0.1, -0.05) is 49.8 Å². The fourth-order valence-electron chi connectivity index (χ4n) is 3.39. The van der Waals surface area contributed by atoms with E-state index in [0.717, 1.165) is 18.5 Å². The van der Waals surface area contributed by atoms with Crippen molar-refractivity contribution in [1.82, 2.24) is 10.6 Å². The van der Waals surface area contributed by atoms with Crippen LogP contribution in [0.15, 0.2) is 53.4 Å². The molecule has 156 valence electrons. The average Bonchev–Trinajstić information content (AvgIpc) is 2.65. The molecule has 2 aromatic carbocycles. The second-order valence-electron chi connectivity index (χ2n) is 6.81. The van der Waals surface area contributed by atoms with Gasteiger partial charge in [0.1, 0.15) is 10.6 Å². The summed E-state index contributed by atoms with van der Waals surface area (Å²) in [7, 11) is -12.9. The third-order valence-electron chi connectivity index (χ3n) is 4.76. The number of benzene rings is 2. The number of halogens is 5. The molecular weight excluding hydrogens is 399 g/mol. The minimum Gasteiger partial charge on any atom is -0.496 e. The number of hydrogen-bond donors (Lipinski definition) is 2. The van der Waals surface area contributed by atoms with E-state index in [1.807, 2.05) is 30.3 Å². The maximum atomic E-state index is 13.3. The fraction of sp³-hybridized carbons (Fsp3) is 0.368. The monoisotopic (exact) mass is 425 g/mol. The average molecular weight is 425 g/mol. The molecule has 0 radical (unpaired) electrons. The highest BCUT2D eigenvalue weighted by Crippen LogP contribution is 3.02. The van der Waals surface area contributed by atoms with Crippen molar-refractivity contribution < 1.29 is 28.3 Å². The Balaban J connectivity index is 1.89. The van der Waals surface area contributed by atoms with E-state index in [1.54, 1.807) is 0 Å². The molecule has 0 spiro atoms. The molecule has 1 heterocycles. The summed E-state index contributed by atoms with van der Waals surface area (Å²) < 4.78 is 92.9. The van der Waals surface area contributed by atoms with Crippen LogP contribution >= 0.6 is 10.2 Å². The second-order valence-corrected chi connectivity index (χ2v) is 9.22. The molecule has 2 atom stereocenters. The molecule has 2 aromatic rings. The van der Waals surface area contributed by atoms with E-state index >= 15 is 0 Å². The van der Waals surface area contributed by atoms with E-state index < -0.39 is 27.9 Å². The van der Waals surface area contributed by atoms with Crippen molar-refractivity contribution in [2.45, 2.75) is 36.4 Å². The molecule has 0 saturated carbocycles. The molecule has 0 amide bonds. The SMILES string of the molecule is [2H]C([2H])([2H])Oc1ccc(S(F)(F)(F)(F)F)cc1CN[C@H]1CCCN[C@H]1c1ccccc1. The Morgan fingerprint density at radius 1 is 1.14 bits per heavy atom. The molecule has 1 aliphatic rings. The largest absolute Gasteiger partial charge is 0.496 e. The summed E-state index contributed by atoms with van der Waals surface area (Å²) >= 11 is 0. The molecule has 0 aliphatic carbocycles. The van der Waals surface area contributed by atoms with Crippen LogP contribution in [-0.4, -0.2) is 19.6 Å². The smallest absolute Gasteiger partial charge is 0.310 e. The van der Waals surface area contributed by atoms with Crippen LogP contribution in [0.5, 0.6) is 5.75 Å². The molecule has 2 N–H and O–H groups in total. The van der Waals surface area contributed by atoms with Gasteiger partial charge in [-0.3, -0.25) is 0 Å². The van der Waals surface area contributed by atoms with Gasteiger partial charge in [0.15, 0.2) is 0 Å². The summed E-state index contributed by atoms with van der Waals surface area (Å²) in [6.45, 7) is 0.480. The molecular formula is C19H23F5N2OS. The van der Waals surface area contributed by atoms with E-state index in [4.69, 9.17) is 8.85 Å². The number of rotatable bonds is 6. The topological polar surface area (TPSA) is 33.3 Å². The van der Waals surface area contributed by atoms with E-state index in [1.165, 1.54) is 0 Å². The molecule has 3 rings (SSSR count). The lowest BCUT2D eigenvalue weighted by atomic mass is 9.92. The Kier molecular flexibility index (Phi) is 4.20. The Bertz CT molecular complexity index is 926. The predicted octanol–water partition coefficient (Wildman–Crippen LogP) is 5.94. The first-order chi connectivity index (χ1) is 14.1. The summed E-state index contributed by atoms with van der Waals surface area (Å²) in [5.41, 5.74) is 0.665. The van der Waals surface area contributed by atoms with Crippen molar-refractivity contribution in [2.75, 3.05) is 13.6 Å². The summed E-state index contributed by atoms with van der Waals surface area (Å²) in [6, 6.07) is 10.1. The van der Waals surface area contributed by atoms with Crippen molar-refractivity contribution in [3.8, 4) is 5.75 Å². The lowest BCUT2D eigenvalue weighted by molar-refractivity contribution is 0.302. The van der Waals surface area contributed by atoms with Gasteiger partial charge in [0.05, 0.1) is 11.2 Å². The van der Waals surface area contributed by atoms with Gasteiger partial charge in [0.2, 0.25) is 0 Å².